The third kappa shape index (κ3) is 4.34. The first-order valence-electron chi connectivity index (χ1n) is 7.76. The van der Waals surface area contributed by atoms with E-state index in [0.29, 0.717) is 12.5 Å². The summed E-state index contributed by atoms with van der Waals surface area (Å²) in [5.41, 5.74) is 7.45. The summed E-state index contributed by atoms with van der Waals surface area (Å²) in [5, 5.41) is 3.07. The van der Waals surface area contributed by atoms with Gasteiger partial charge in [-0.15, -0.1) is 0 Å². The fraction of sp³-hybridized carbons (Fsp3) is 0.588. The minimum Gasteiger partial charge on any atom is -0.352 e. The lowest BCUT2D eigenvalue weighted by Gasteiger charge is -2.26. The maximum absolute atomic E-state index is 12.1. The van der Waals surface area contributed by atoms with E-state index in [2.05, 4.69) is 12.2 Å². The van der Waals surface area contributed by atoms with Gasteiger partial charge in [-0.05, 0) is 55.3 Å². The van der Waals surface area contributed by atoms with Crippen LogP contribution in [0.25, 0.3) is 0 Å². The second-order valence-electron chi connectivity index (χ2n) is 6.07. The van der Waals surface area contributed by atoms with Crippen LogP contribution in [-0.2, 0) is 6.42 Å². The molecule has 1 aliphatic carbocycles. The quantitative estimate of drug-likeness (QED) is 0.867. The lowest BCUT2D eigenvalue weighted by Crippen LogP contribution is -2.31. The number of hydrogen-bond acceptors (Lipinski definition) is 2. The molecule has 2 rings (SSSR count). The molecule has 1 aliphatic rings. The van der Waals surface area contributed by atoms with E-state index in [-0.39, 0.29) is 5.91 Å². The van der Waals surface area contributed by atoms with Crippen molar-refractivity contribution in [3.63, 3.8) is 0 Å². The fourth-order valence-corrected chi connectivity index (χ4v) is 2.86. The Balaban J connectivity index is 1.79. The minimum absolute atomic E-state index is 0.0444. The van der Waals surface area contributed by atoms with Crippen molar-refractivity contribution in [2.24, 2.45) is 17.6 Å². The highest BCUT2D eigenvalue weighted by atomic mass is 16.1. The molecular formula is C17H26N2O. The van der Waals surface area contributed by atoms with E-state index in [4.69, 9.17) is 5.73 Å². The third-order valence-electron chi connectivity index (χ3n) is 4.34. The highest BCUT2D eigenvalue weighted by Crippen LogP contribution is 2.27. The van der Waals surface area contributed by atoms with Crippen LogP contribution >= 0.6 is 0 Å². The van der Waals surface area contributed by atoms with Gasteiger partial charge in [0.25, 0.3) is 5.91 Å². The molecule has 3 N–H and O–H groups in total. The number of carbonyl (C=O) groups is 1. The second-order valence-corrected chi connectivity index (χ2v) is 6.07. The molecule has 3 nitrogen and oxygen atoms in total. The molecule has 1 amide bonds. The van der Waals surface area contributed by atoms with Crippen LogP contribution in [0.2, 0.25) is 0 Å². The molecule has 0 radical (unpaired) electrons. The van der Waals surface area contributed by atoms with E-state index >= 15 is 0 Å². The predicted octanol–water partition coefficient (Wildman–Crippen LogP) is 2.74. The Morgan fingerprint density at radius 3 is 2.45 bits per heavy atom. The van der Waals surface area contributed by atoms with Crippen LogP contribution in [0.15, 0.2) is 24.3 Å². The zero-order valence-corrected chi connectivity index (χ0v) is 12.4. The normalized spacial score (nSPS) is 22.5. The summed E-state index contributed by atoms with van der Waals surface area (Å²) in [6, 6.07) is 7.76. The first-order chi connectivity index (χ1) is 9.69. The number of benzene rings is 1. The van der Waals surface area contributed by atoms with E-state index in [0.717, 1.165) is 24.4 Å². The maximum Gasteiger partial charge on any atom is 0.251 e. The van der Waals surface area contributed by atoms with Gasteiger partial charge in [-0.25, -0.2) is 0 Å². The molecule has 3 heteroatoms. The van der Waals surface area contributed by atoms with Crippen molar-refractivity contribution in [2.45, 2.75) is 39.0 Å². The first-order valence-corrected chi connectivity index (χ1v) is 7.76. The molecule has 1 aromatic rings. The summed E-state index contributed by atoms with van der Waals surface area (Å²) in [4.78, 5) is 12.1. The van der Waals surface area contributed by atoms with Crippen LogP contribution in [0.1, 0.15) is 48.5 Å². The monoisotopic (exact) mass is 274 g/mol. The largest absolute Gasteiger partial charge is 0.352 e. The molecule has 0 spiro atoms. The smallest absolute Gasteiger partial charge is 0.251 e. The summed E-state index contributed by atoms with van der Waals surface area (Å²) in [6.07, 6.45) is 5.96. The summed E-state index contributed by atoms with van der Waals surface area (Å²) in [5.74, 6) is 1.56. The number of amides is 1. The molecule has 1 fully saturated rings. The molecule has 1 aromatic carbocycles. The van der Waals surface area contributed by atoms with Crippen LogP contribution in [0.5, 0.6) is 0 Å². The Labute approximate surface area is 121 Å². The van der Waals surface area contributed by atoms with Gasteiger partial charge in [-0.1, -0.05) is 31.9 Å². The SMILES string of the molecule is CC1CCC(CNC(=O)c2ccc(CCN)cc2)CC1. The molecule has 0 unspecified atom stereocenters. The Hall–Kier alpha value is -1.35. The van der Waals surface area contributed by atoms with Gasteiger partial charge in [0.15, 0.2) is 0 Å². The molecule has 1 saturated carbocycles. The van der Waals surface area contributed by atoms with Crippen molar-refractivity contribution in [3.05, 3.63) is 35.4 Å². The molecule has 20 heavy (non-hydrogen) atoms. The summed E-state index contributed by atoms with van der Waals surface area (Å²) < 4.78 is 0. The van der Waals surface area contributed by atoms with Gasteiger partial charge < -0.3 is 11.1 Å². The average Bonchev–Trinajstić information content (AvgIpc) is 2.47. The standard InChI is InChI=1S/C17H26N2O/c1-13-2-4-15(5-3-13)12-19-17(20)16-8-6-14(7-9-16)10-11-18/h6-9,13,15H,2-5,10-12,18H2,1H3,(H,19,20). The van der Waals surface area contributed by atoms with Crippen molar-refractivity contribution >= 4 is 5.91 Å². The lowest BCUT2D eigenvalue weighted by atomic mass is 9.83. The third-order valence-corrected chi connectivity index (χ3v) is 4.34. The number of nitrogens with one attached hydrogen (secondary N) is 1. The highest BCUT2D eigenvalue weighted by molar-refractivity contribution is 5.94. The number of rotatable bonds is 5. The van der Waals surface area contributed by atoms with Gasteiger partial charge in [0, 0.05) is 12.1 Å². The highest BCUT2D eigenvalue weighted by Gasteiger charge is 2.18. The lowest BCUT2D eigenvalue weighted by molar-refractivity contribution is 0.0942. The summed E-state index contributed by atoms with van der Waals surface area (Å²) in [6.45, 7) is 3.78. The molecule has 0 aliphatic heterocycles. The maximum atomic E-state index is 12.1. The van der Waals surface area contributed by atoms with Crippen molar-refractivity contribution < 1.29 is 4.79 Å². The van der Waals surface area contributed by atoms with E-state index in [1.165, 1.54) is 31.2 Å². The molecule has 110 valence electrons. The van der Waals surface area contributed by atoms with Crippen molar-refractivity contribution in [2.75, 3.05) is 13.1 Å². The number of hydrogen-bond donors (Lipinski definition) is 2. The molecule has 0 heterocycles. The van der Waals surface area contributed by atoms with Crippen molar-refractivity contribution in [3.8, 4) is 0 Å². The predicted molar refractivity (Wildman–Crippen MR) is 82.7 cm³/mol. The molecule has 0 aromatic heterocycles. The van der Waals surface area contributed by atoms with Crippen LogP contribution in [-0.4, -0.2) is 19.0 Å². The zero-order valence-electron chi connectivity index (χ0n) is 12.4. The van der Waals surface area contributed by atoms with Gasteiger partial charge in [-0.2, -0.15) is 0 Å². The number of carbonyl (C=O) groups excluding carboxylic acids is 1. The molecule has 0 atom stereocenters. The average molecular weight is 274 g/mol. The molecule has 0 bridgehead atoms. The van der Waals surface area contributed by atoms with Crippen LogP contribution in [0.3, 0.4) is 0 Å². The van der Waals surface area contributed by atoms with Crippen molar-refractivity contribution in [1.29, 1.82) is 0 Å². The minimum atomic E-state index is 0.0444. The van der Waals surface area contributed by atoms with Gasteiger partial charge in [0.1, 0.15) is 0 Å². The Kier molecular flexibility index (Phi) is 5.60. The Bertz CT molecular complexity index is 419. The zero-order chi connectivity index (χ0) is 14.4. The number of nitrogens with two attached hydrogens (primary N) is 1. The van der Waals surface area contributed by atoms with Crippen molar-refractivity contribution in [1.82, 2.24) is 5.32 Å². The van der Waals surface area contributed by atoms with E-state index in [1.54, 1.807) is 0 Å². The Morgan fingerprint density at radius 2 is 1.85 bits per heavy atom. The molecule has 0 saturated heterocycles. The van der Waals surface area contributed by atoms with Crippen LogP contribution in [0.4, 0.5) is 0 Å². The second kappa shape index (κ2) is 7.44. The Morgan fingerprint density at radius 1 is 1.20 bits per heavy atom. The molecular weight excluding hydrogens is 248 g/mol. The van der Waals surface area contributed by atoms with E-state index in [1.807, 2.05) is 24.3 Å². The summed E-state index contributed by atoms with van der Waals surface area (Å²) >= 11 is 0. The topological polar surface area (TPSA) is 55.1 Å². The van der Waals surface area contributed by atoms with Gasteiger partial charge in [0.05, 0.1) is 0 Å². The first kappa shape index (κ1) is 15.0. The van der Waals surface area contributed by atoms with Crippen LogP contribution < -0.4 is 11.1 Å². The van der Waals surface area contributed by atoms with Crippen LogP contribution in [0, 0.1) is 11.8 Å². The van der Waals surface area contributed by atoms with E-state index < -0.39 is 0 Å². The summed E-state index contributed by atoms with van der Waals surface area (Å²) in [7, 11) is 0. The fourth-order valence-electron chi connectivity index (χ4n) is 2.86. The van der Waals surface area contributed by atoms with Gasteiger partial charge >= 0.3 is 0 Å². The van der Waals surface area contributed by atoms with E-state index in [9.17, 15) is 4.79 Å². The van der Waals surface area contributed by atoms with Gasteiger partial charge in [0.2, 0.25) is 0 Å². The van der Waals surface area contributed by atoms with Gasteiger partial charge in [-0.3, -0.25) is 4.79 Å².